The van der Waals surface area contributed by atoms with Crippen molar-refractivity contribution >= 4 is 27.5 Å². The van der Waals surface area contributed by atoms with Gasteiger partial charge in [-0.2, -0.15) is 0 Å². The van der Waals surface area contributed by atoms with Crippen LogP contribution in [0.5, 0.6) is 5.75 Å². The molecule has 6 heteroatoms. The molecule has 4 rings (SSSR count). The van der Waals surface area contributed by atoms with Gasteiger partial charge in [0.15, 0.2) is 0 Å². The number of H-pyrrole nitrogens is 1. The van der Waals surface area contributed by atoms with Crippen molar-refractivity contribution in [2.75, 3.05) is 6.54 Å². The first-order chi connectivity index (χ1) is 13.5. The molecule has 1 aromatic carbocycles. The van der Waals surface area contributed by atoms with Crippen LogP contribution in [0, 0.1) is 5.92 Å². The van der Waals surface area contributed by atoms with E-state index in [9.17, 15) is 14.7 Å². The van der Waals surface area contributed by atoms with Crippen LogP contribution in [0.3, 0.4) is 0 Å². The number of hydrogen-bond donors (Lipinski definition) is 3. The van der Waals surface area contributed by atoms with Gasteiger partial charge in [0, 0.05) is 11.4 Å². The molecule has 2 aromatic heterocycles. The Hall–Kier alpha value is -2.60. The molecule has 146 valence electrons. The van der Waals surface area contributed by atoms with Gasteiger partial charge in [0.25, 0.3) is 11.5 Å². The van der Waals surface area contributed by atoms with E-state index in [1.165, 1.54) is 21.8 Å². The fourth-order valence-electron chi connectivity index (χ4n) is 3.93. The van der Waals surface area contributed by atoms with Gasteiger partial charge in [0.2, 0.25) is 0 Å². The fraction of sp³-hybridized carbons (Fsp3) is 0.364. The molecule has 1 aliphatic carbocycles. The molecule has 0 bridgehead atoms. The van der Waals surface area contributed by atoms with Crippen LogP contribution in [0.15, 0.2) is 35.1 Å². The number of amides is 1. The summed E-state index contributed by atoms with van der Waals surface area (Å²) < 4.78 is 0. The van der Waals surface area contributed by atoms with E-state index in [2.05, 4.69) is 17.2 Å². The van der Waals surface area contributed by atoms with Gasteiger partial charge >= 0.3 is 0 Å². The topological polar surface area (TPSA) is 82.2 Å². The van der Waals surface area contributed by atoms with Crippen LogP contribution < -0.4 is 10.9 Å². The number of pyridine rings is 1. The van der Waals surface area contributed by atoms with Crippen LogP contribution in [0.4, 0.5) is 0 Å². The average molecular weight is 397 g/mol. The second-order valence-electron chi connectivity index (χ2n) is 7.58. The van der Waals surface area contributed by atoms with Crippen LogP contribution in [0.1, 0.15) is 46.1 Å². The van der Waals surface area contributed by atoms with Gasteiger partial charge in [-0.3, -0.25) is 9.59 Å². The summed E-state index contributed by atoms with van der Waals surface area (Å²) in [5.41, 5.74) is 1.59. The molecule has 3 aromatic rings. The lowest BCUT2D eigenvalue weighted by Gasteiger charge is -2.18. The number of carbonyl (C=O) groups excluding carboxylic acids is 1. The summed E-state index contributed by atoms with van der Waals surface area (Å²) in [6, 6.07) is 10.0. The summed E-state index contributed by atoms with van der Waals surface area (Å²) in [5, 5.41) is 14.2. The third-order valence-corrected chi connectivity index (χ3v) is 6.61. The number of fused-ring (bicyclic) bond motifs is 3. The zero-order valence-electron chi connectivity index (χ0n) is 15.9. The minimum Gasteiger partial charge on any atom is -0.506 e. The van der Waals surface area contributed by atoms with E-state index >= 15 is 0 Å². The van der Waals surface area contributed by atoms with Gasteiger partial charge in [0.1, 0.15) is 16.1 Å². The van der Waals surface area contributed by atoms with Crippen LogP contribution in [0.25, 0.3) is 10.2 Å². The van der Waals surface area contributed by atoms with Crippen molar-refractivity contribution in [2.24, 2.45) is 5.92 Å². The van der Waals surface area contributed by atoms with Crippen molar-refractivity contribution < 1.29 is 9.90 Å². The smallest absolute Gasteiger partial charge is 0.265 e. The highest BCUT2D eigenvalue weighted by Crippen LogP contribution is 2.41. The van der Waals surface area contributed by atoms with Crippen molar-refractivity contribution in [3.63, 3.8) is 0 Å². The summed E-state index contributed by atoms with van der Waals surface area (Å²) >= 11 is 1.52. The molecule has 0 saturated heterocycles. The van der Waals surface area contributed by atoms with E-state index < -0.39 is 11.5 Å². The number of benzene rings is 1. The first-order valence-electron chi connectivity index (χ1n) is 9.76. The number of aromatic nitrogens is 1. The SMILES string of the molecule is CC1CCc2c(sc3[nH]c(=O)c(C(=O)NCCCc4ccccc4)c(O)c23)C1. The van der Waals surface area contributed by atoms with E-state index in [0.29, 0.717) is 22.7 Å². The highest BCUT2D eigenvalue weighted by molar-refractivity contribution is 7.18. The molecule has 0 saturated carbocycles. The van der Waals surface area contributed by atoms with Gasteiger partial charge in [-0.05, 0) is 49.1 Å². The third kappa shape index (κ3) is 3.56. The molecule has 3 N–H and O–H groups in total. The predicted molar refractivity (Wildman–Crippen MR) is 112 cm³/mol. The zero-order chi connectivity index (χ0) is 19.7. The van der Waals surface area contributed by atoms with Crippen molar-refractivity contribution in [3.8, 4) is 5.75 Å². The summed E-state index contributed by atoms with van der Waals surface area (Å²) in [6.45, 7) is 2.66. The van der Waals surface area contributed by atoms with E-state index in [-0.39, 0.29) is 11.3 Å². The normalized spacial score (nSPS) is 16.1. The monoisotopic (exact) mass is 396 g/mol. The summed E-state index contributed by atoms with van der Waals surface area (Å²) in [6.07, 6.45) is 4.49. The number of carbonyl (C=O) groups is 1. The van der Waals surface area contributed by atoms with E-state index in [4.69, 9.17) is 0 Å². The lowest BCUT2D eigenvalue weighted by Crippen LogP contribution is -2.30. The largest absolute Gasteiger partial charge is 0.506 e. The molecule has 28 heavy (non-hydrogen) atoms. The Kier molecular flexibility index (Phi) is 5.22. The van der Waals surface area contributed by atoms with Gasteiger partial charge in [0.05, 0.1) is 5.39 Å². The van der Waals surface area contributed by atoms with Crippen molar-refractivity contribution in [1.29, 1.82) is 0 Å². The maximum absolute atomic E-state index is 12.6. The molecule has 2 heterocycles. The number of aromatic hydroxyl groups is 1. The lowest BCUT2D eigenvalue weighted by atomic mass is 9.89. The Morgan fingerprint density at radius 2 is 2.11 bits per heavy atom. The number of hydrogen-bond acceptors (Lipinski definition) is 4. The number of rotatable bonds is 5. The Balaban J connectivity index is 1.53. The van der Waals surface area contributed by atoms with Gasteiger partial charge in [-0.15, -0.1) is 11.3 Å². The molecule has 0 aliphatic heterocycles. The first kappa shape index (κ1) is 18.7. The molecule has 0 fully saturated rings. The van der Waals surface area contributed by atoms with Gasteiger partial charge in [-0.1, -0.05) is 37.3 Å². The number of thiophene rings is 1. The van der Waals surface area contributed by atoms with E-state index in [1.54, 1.807) is 0 Å². The zero-order valence-corrected chi connectivity index (χ0v) is 16.7. The van der Waals surface area contributed by atoms with Crippen LogP contribution in [-0.2, 0) is 19.3 Å². The molecule has 1 aliphatic rings. The molecule has 1 unspecified atom stereocenters. The molecule has 1 amide bonds. The molecule has 1 atom stereocenters. The van der Waals surface area contributed by atoms with Gasteiger partial charge in [-0.25, -0.2) is 0 Å². The summed E-state index contributed by atoms with van der Waals surface area (Å²) in [4.78, 5) is 29.7. The highest BCUT2D eigenvalue weighted by Gasteiger charge is 2.26. The van der Waals surface area contributed by atoms with Crippen molar-refractivity contribution in [1.82, 2.24) is 10.3 Å². The Labute approximate surface area is 167 Å². The minimum atomic E-state index is -0.530. The molecular formula is C22H24N2O3S. The maximum Gasteiger partial charge on any atom is 0.265 e. The van der Waals surface area contributed by atoms with Crippen LogP contribution in [0.2, 0.25) is 0 Å². The number of aryl methyl sites for hydroxylation is 2. The summed E-state index contributed by atoms with van der Waals surface area (Å²) in [5.74, 6) is -0.0917. The molecular weight excluding hydrogens is 372 g/mol. The lowest BCUT2D eigenvalue weighted by molar-refractivity contribution is 0.0949. The van der Waals surface area contributed by atoms with E-state index in [1.807, 2.05) is 30.3 Å². The quantitative estimate of drug-likeness (QED) is 0.574. The van der Waals surface area contributed by atoms with Crippen molar-refractivity contribution in [2.45, 2.75) is 39.0 Å². The highest BCUT2D eigenvalue weighted by atomic mass is 32.1. The molecule has 0 radical (unpaired) electrons. The standard InChI is InChI=1S/C22H24N2O3S/c1-13-9-10-15-16(12-13)28-22-17(15)19(25)18(21(27)24-22)20(26)23-11-5-8-14-6-3-2-4-7-14/h2-4,6-7,13H,5,8-12H2,1H3,(H,23,26)(H2,24,25,27). The number of aromatic amines is 1. The Morgan fingerprint density at radius 3 is 2.89 bits per heavy atom. The first-order valence-corrected chi connectivity index (χ1v) is 10.6. The predicted octanol–water partition coefficient (Wildman–Crippen LogP) is 3.78. The fourth-order valence-corrected chi connectivity index (χ4v) is 5.33. The van der Waals surface area contributed by atoms with E-state index in [0.717, 1.165) is 37.7 Å². The average Bonchev–Trinajstić information content (AvgIpc) is 3.03. The molecule has 5 nitrogen and oxygen atoms in total. The molecule has 0 spiro atoms. The minimum absolute atomic E-state index is 0.175. The second kappa shape index (κ2) is 7.80. The Bertz CT molecular complexity index is 1070. The Morgan fingerprint density at radius 1 is 1.32 bits per heavy atom. The third-order valence-electron chi connectivity index (χ3n) is 5.44. The van der Waals surface area contributed by atoms with Crippen molar-refractivity contribution in [3.05, 3.63) is 62.3 Å². The van der Waals surface area contributed by atoms with Crippen LogP contribution >= 0.6 is 11.3 Å². The second-order valence-corrected chi connectivity index (χ2v) is 8.68. The van der Waals surface area contributed by atoms with Gasteiger partial charge < -0.3 is 15.4 Å². The maximum atomic E-state index is 12.6. The summed E-state index contributed by atoms with van der Waals surface area (Å²) in [7, 11) is 0. The van der Waals surface area contributed by atoms with Crippen LogP contribution in [-0.4, -0.2) is 22.5 Å². The number of nitrogens with one attached hydrogen (secondary N) is 2.